The Labute approximate surface area is 174 Å². The van der Waals surface area contributed by atoms with Crippen molar-refractivity contribution in [3.63, 3.8) is 0 Å². The summed E-state index contributed by atoms with van der Waals surface area (Å²) in [6.45, 7) is 5.22. The van der Waals surface area contributed by atoms with Crippen molar-refractivity contribution in [1.29, 1.82) is 0 Å². The van der Waals surface area contributed by atoms with Crippen LogP contribution in [-0.2, 0) is 16.1 Å². The molecule has 0 unspecified atom stereocenters. The molecule has 7 nitrogen and oxygen atoms in total. The third-order valence-corrected chi connectivity index (χ3v) is 5.07. The fraction of sp³-hybridized carbons (Fsp3) is 0.304. The number of likely N-dealkylation sites (N-methyl/N-ethyl adjacent to an activating group) is 1. The Morgan fingerprint density at radius 2 is 1.83 bits per heavy atom. The van der Waals surface area contributed by atoms with Gasteiger partial charge in [-0.25, -0.2) is 4.79 Å². The number of nitrogens with zero attached hydrogens (tertiary/aromatic N) is 1. The van der Waals surface area contributed by atoms with Crippen LogP contribution in [0.4, 0.5) is 0 Å². The molecular formula is C23H23NO6. The fourth-order valence-electron chi connectivity index (χ4n) is 3.44. The average molecular weight is 409 g/mol. The number of aryl methyl sites for hydroxylation is 1. The molecule has 0 atom stereocenters. The average Bonchev–Trinajstić information content (AvgIpc) is 3.12. The van der Waals surface area contributed by atoms with Crippen LogP contribution in [0.2, 0.25) is 0 Å². The lowest BCUT2D eigenvalue weighted by Gasteiger charge is -2.23. The molecule has 0 aliphatic carbocycles. The zero-order valence-electron chi connectivity index (χ0n) is 17.0. The van der Waals surface area contributed by atoms with Gasteiger partial charge in [-0.2, -0.15) is 0 Å². The molecule has 0 bridgehead atoms. The lowest BCUT2D eigenvalue weighted by atomic mass is 10.1. The highest BCUT2D eigenvalue weighted by Gasteiger charge is 2.22. The van der Waals surface area contributed by atoms with Crippen LogP contribution in [0.25, 0.3) is 11.0 Å². The SMILES string of the molecule is CCN(Cc1ccc2c(c1)OCCO2)C(=O)COC(=O)c1oc2ccccc2c1C. The van der Waals surface area contributed by atoms with Crippen LogP contribution in [0.5, 0.6) is 11.5 Å². The van der Waals surface area contributed by atoms with Crippen molar-refractivity contribution in [3.05, 3.63) is 59.4 Å². The van der Waals surface area contributed by atoms with Gasteiger partial charge in [-0.3, -0.25) is 4.79 Å². The van der Waals surface area contributed by atoms with Crippen molar-refractivity contribution >= 4 is 22.8 Å². The monoisotopic (exact) mass is 409 g/mol. The minimum Gasteiger partial charge on any atom is -0.486 e. The van der Waals surface area contributed by atoms with Gasteiger partial charge in [0.1, 0.15) is 18.8 Å². The number of esters is 1. The summed E-state index contributed by atoms with van der Waals surface area (Å²) >= 11 is 0. The minimum absolute atomic E-state index is 0.124. The molecule has 30 heavy (non-hydrogen) atoms. The fourth-order valence-corrected chi connectivity index (χ4v) is 3.44. The van der Waals surface area contributed by atoms with Crippen LogP contribution >= 0.6 is 0 Å². The number of ether oxygens (including phenoxy) is 3. The second-order valence-electron chi connectivity index (χ2n) is 7.01. The van der Waals surface area contributed by atoms with Gasteiger partial charge >= 0.3 is 5.97 Å². The van der Waals surface area contributed by atoms with E-state index in [9.17, 15) is 9.59 Å². The number of furan rings is 1. The molecule has 156 valence electrons. The topological polar surface area (TPSA) is 78.2 Å². The van der Waals surface area contributed by atoms with E-state index in [0.717, 1.165) is 10.9 Å². The molecule has 1 amide bonds. The summed E-state index contributed by atoms with van der Waals surface area (Å²) in [5.41, 5.74) is 2.22. The van der Waals surface area contributed by atoms with E-state index in [1.807, 2.05) is 43.3 Å². The van der Waals surface area contributed by atoms with Crippen molar-refractivity contribution < 1.29 is 28.2 Å². The van der Waals surface area contributed by atoms with Crippen molar-refractivity contribution in [2.24, 2.45) is 0 Å². The maximum absolute atomic E-state index is 12.6. The zero-order valence-corrected chi connectivity index (χ0v) is 17.0. The Morgan fingerprint density at radius 1 is 1.07 bits per heavy atom. The summed E-state index contributed by atoms with van der Waals surface area (Å²) in [6, 6.07) is 13.0. The number of carbonyl (C=O) groups excluding carboxylic acids is 2. The predicted octanol–water partition coefficient (Wildman–Crippen LogP) is 3.72. The van der Waals surface area contributed by atoms with E-state index in [2.05, 4.69) is 0 Å². The number of fused-ring (bicyclic) bond motifs is 2. The maximum Gasteiger partial charge on any atom is 0.375 e. The molecule has 2 heterocycles. The van der Waals surface area contributed by atoms with Gasteiger partial charge in [0.2, 0.25) is 5.76 Å². The summed E-state index contributed by atoms with van der Waals surface area (Å²) < 4.78 is 22.0. The van der Waals surface area contributed by atoms with Crippen LogP contribution in [0.3, 0.4) is 0 Å². The maximum atomic E-state index is 12.6. The van der Waals surface area contributed by atoms with E-state index in [0.29, 0.717) is 48.9 Å². The van der Waals surface area contributed by atoms with Crippen molar-refractivity contribution in [2.45, 2.75) is 20.4 Å². The van der Waals surface area contributed by atoms with Crippen LogP contribution in [0.15, 0.2) is 46.9 Å². The summed E-state index contributed by atoms with van der Waals surface area (Å²) in [4.78, 5) is 26.7. The van der Waals surface area contributed by atoms with Gasteiger partial charge in [0, 0.05) is 24.0 Å². The van der Waals surface area contributed by atoms with E-state index in [1.165, 1.54) is 0 Å². The Balaban J connectivity index is 1.39. The highest BCUT2D eigenvalue weighted by Crippen LogP contribution is 2.31. The number of rotatable bonds is 6. The van der Waals surface area contributed by atoms with E-state index >= 15 is 0 Å². The van der Waals surface area contributed by atoms with Crippen molar-refractivity contribution in [2.75, 3.05) is 26.4 Å². The van der Waals surface area contributed by atoms with Gasteiger partial charge in [0.05, 0.1) is 0 Å². The molecule has 3 aromatic rings. The van der Waals surface area contributed by atoms with Crippen LogP contribution in [-0.4, -0.2) is 43.1 Å². The summed E-state index contributed by atoms with van der Waals surface area (Å²) in [6.07, 6.45) is 0. The standard InChI is InChI=1S/C23H23NO6/c1-3-24(13-16-8-9-19-20(12-16)28-11-10-27-19)21(25)14-29-23(26)22-15(2)17-6-4-5-7-18(17)30-22/h4-9,12H,3,10-11,13-14H2,1-2H3. The number of benzene rings is 2. The summed E-state index contributed by atoms with van der Waals surface area (Å²) in [5, 5.41) is 0.851. The molecule has 1 aliphatic heterocycles. The third kappa shape index (κ3) is 3.96. The first kappa shape index (κ1) is 19.8. The molecule has 2 aromatic carbocycles. The first-order valence-electron chi connectivity index (χ1n) is 9.88. The van der Waals surface area contributed by atoms with E-state index in [4.69, 9.17) is 18.6 Å². The molecule has 0 saturated heterocycles. The molecule has 0 radical (unpaired) electrons. The normalized spacial score (nSPS) is 12.6. The number of amides is 1. The van der Waals surface area contributed by atoms with Crippen molar-refractivity contribution in [3.8, 4) is 11.5 Å². The predicted molar refractivity (Wildman–Crippen MR) is 110 cm³/mol. The lowest BCUT2D eigenvalue weighted by molar-refractivity contribution is -0.135. The molecule has 7 heteroatoms. The largest absolute Gasteiger partial charge is 0.486 e. The Kier molecular flexibility index (Phi) is 5.61. The molecule has 0 N–H and O–H groups in total. The van der Waals surface area contributed by atoms with Gasteiger partial charge in [-0.05, 0) is 37.6 Å². The van der Waals surface area contributed by atoms with Gasteiger partial charge < -0.3 is 23.5 Å². The Morgan fingerprint density at radius 3 is 2.60 bits per heavy atom. The number of hydrogen-bond acceptors (Lipinski definition) is 6. The molecule has 0 saturated carbocycles. The lowest BCUT2D eigenvalue weighted by Crippen LogP contribution is -2.34. The molecule has 0 fully saturated rings. The van der Waals surface area contributed by atoms with E-state index < -0.39 is 5.97 Å². The van der Waals surface area contributed by atoms with E-state index in [1.54, 1.807) is 17.9 Å². The van der Waals surface area contributed by atoms with Crippen molar-refractivity contribution in [1.82, 2.24) is 4.90 Å². The number of hydrogen-bond donors (Lipinski definition) is 0. The van der Waals surface area contributed by atoms with Crippen LogP contribution in [0.1, 0.15) is 28.6 Å². The van der Waals surface area contributed by atoms with Gasteiger partial charge in [-0.1, -0.05) is 24.3 Å². The zero-order chi connectivity index (χ0) is 21.1. The second-order valence-corrected chi connectivity index (χ2v) is 7.01. The minimum atomic E-state index is -0.646. The molecule has 1 aliphatic rings. The van der Waals surface area contributed by atoms with Crippen LogP contribution < -0.4 is 9.47 Å². The smallest absolute Gasteiger partial charge is 0.375 e. The molecule has 4 rings (SSSR count). The first-order chi connectivity index (χ1) is 14.6. The molecule has 0 spiro atoms. The first-order valence-corrected chi connectivity index (χ1v) is 9.88. The number of para-hydroxylation sites is 1. The Hall–Kier alpha value is -3.48. The highest BCUT2D eigenvalue weighted by atomic mass is 16.6. The van der Waals surface area contributed by atoms with E-state index in [-0.39, 0.29) is 18.3 Å². The second kappa shape index (κ2) is 8.49. The summed E-state index contributed by atoms with van der Waals surface area (Å²) in [5.74, 6) is 0.573. The van der Waals surface area contributed by atoms with Gasteiger partial charge in [0.15, 0.2) is 18.1 Å². The van der Waals surface area contributed by atoms with Gasteiger partial charge in [0.25, 0.3) is 5.91 Å². The van der Waals surface area contributed by atoms with Gasteiger partial charge in [-0.15, -0.1) is 0 Å². The highest BCUT2D eigenvalue weighted by molar-refractivity contribution is 5.96. The Bertz CT molecular complexity index is 1090. The number of carbonyl (C=O) groups is 2. The quantitative estimate of drug-likeness (QED) is 0.578. The third-order valence-electron chi connectivity index (χ3n) is 5.07. The molecule has 1 aromatic heterocycles. The summed E-state index contributed by atoms with van der Waals surface area (Å²) in [7, 11) is 0. The van der Waals surface area contributed by atoms with Crippen LogP contribution in [0, 0.1) is 6.92 Å². The molecular weight excluding hydrogens is 386 g/mol.